The Morgan fingerprint density at radius 1 is 1.68 bits per heavy atom. The predicted octanol–water partition coefficient (Wildman–Crippen LogP) is 1.02. The minimum Gasteiger partial charge on any atom is -0.477 e. The van der Waals surface area contributed by atoms with Crippen molar-refractivity contribution in [1.82, 2.24) is 5.32 Å². The second kappa shape index (κ2) is 5.83. The molecule has 0 aliphatic carbocycles. The first-order chi connectivity index (χ1) is 9.06. The van der Waals surface area contributed by atoms with Crippen LogP contribution in [-0.2, 0) is 20.8 Å². The van der Waals surface area contributed by atoms with Gasteiger partial charge in [-0.3, -0.25) is 4.79 Å². The average Bonchev–Trinajstić information content (AvgIpc) is 2.98. The monoisotopic (exact) mass is 282 g/mol. The molecule has 0 saturated heterocycles. The smallest absolute Gasteiger partial charge is 0.353 e. The van der Waals surface area contributed by atoms with Crippen LogP contribution in [0.1, 0.15) is 18.2 Å². The fourth-order valence-electron chi connectivity index (χ4n) is 1.76. The second-order valence-electron chi connectivity index (χ2n) is 4.33. The van der Waals surface area contributed by atoms with Crippen molar-refractivity contribution in [2.24, 2.45) is 5.16 Å². The van der Waals surface area contributed by atoms with Crippen LogP contribution in [0.5, 0.6) is 0 Å². The van der Waals surface area contributed by atoms with Gasteiger partial charge in [0.2, 0.25) is 6.10 Å². The van der Waals surface area contributed by atoms with E-state index in [1.54, 1.807) is 11.3 Å². The van der Waals surface area contributed by atoms with Gasteiger partial charge in [-0.05, 0) is 18.4 Å². The SMILES string of the molecule is CC(Cc1cccs1)NC(=O)C1CC(C(=O)O)=NO1. The molecule has 6 nitrogen and oxygen atoms in total. The normalized spacial score (nSPS) is 19.4. The van der Waals surface area contributed by atoms with Gasteiger partial charge in [-0.25, -0.2) is 4.79 Å². The van der Waals surface area contributed by atoms with Crippen LogP contribution in [0, 0.1) is 0 Å². The Kier molecular flexibility index (Phi) is 4.16. The molecule has 7 heteroatoms. The van der Waals surface area contributed by atoms with Crippen molar-refractivity contribution >= 4 is 28.9 Å². The number of nitrogens with zero attached hydrogens (tertiary/aromatic N) is 1. The summed E-state index contributed by atoms with van der Waals surface area (Å²) in [6.07, 6.45) is -0.0905. The van der Waals surface area contributed by atoms with Crippen LogP contribution in [0.25, 0.3) is 0 Å². The quantitative estimate of drug-likeness (QED) is 0.844. The zero-order valence-electron chi connectivity index (χ0n) is 10.3. The van der Waals surface area contributed by atoms with E-state index in [0.717, 1.165) is 6.42 Å². The van der Waals surface area contributed by atoms with Crippen LogP contribution in [0.4, 0.5) is 0 Å². The number of hydrogen-bond acceptors (Lipinski definition) is 5. The van der Waals surface area contributed by atoms with E-state index >= 15 is 0 Å². The lowest BCUT2D eigenvalue weighted by Crippen LogP contribution is -2.41. The molecule has 0 spiro atoms. The summed E-state index contributed by atoms with van der Waals surface area (Å²) in [7, 11) is 0. The van der Waals surface area contributed by atoms with Crippen LogP contribution >= 0.6 is 11.3 Å². The summed E-state index contributed by atoms with van der Waals surface area (Å²) in [5, 5.41) is 16.9. The molecule has 2 unspecified atom stereocenters. The van der Waals surface area contributed by atoms with Crippen LogP contribution in [0.2, 0.25) is 0 Å². The van der Waals surface area contributed by atoms with Crippen molar-refractivity contribution in [3.63, 3.8) is 0 Å². The topological polar surface area (TPSA) is 88.0 Å². The molecule has 0 saturated carbocycles. The van der Waals surface area contributed by atoms with Crippen molar-refractivity contribution in [2.75, 3.05) is 0 Å². The molecule has 2 atom stereocenters. The van der Waals surface area contributed by atoms with E-state index in [0.29, 0.717) is 0 Å². The highest BCUT2D eigenvalue weighted by Crippen LogP contribution is 2.13. The van der Waals surface area contributed by atoms with Crippen molar-refractivity contribution < 1.29 is 19.5 Å². The van der Waals surface area contributed by atoms with Gasteiger partial charge in [-0.15, -0.1) is 11.3 Å². The minimum absolute atomic E-state index is 0.00683. The first-order valence-corrected chi connectivity index (χ1v) is 6.73. The highest BCUT2D eigenvalue weighted by atomic mass is 32.1. The zero-order valence-corrected chi connectivity index (χ0v) is 11.1. The molecule has 102 valence electrons. The molecular formula is C12H14N2O4S. The highest BCUT2D eigenvalue weighted by Gasteiger charge is 2.31. The van der Waals surface area contributed by atoms with Crippen LogP contribution in [-0.4, -0.2) is 34.8 Å². The Hall–Kier alpha value is -1.89. The first-order valence-electron chi connectivity index (χ1n) is 5.85. The van der Waals surface area contributed by atoms with E-state index in [9.17, 15) is 9.59 Å². The number of carbonyl (C=O) groups excluding carboxylic acids is 1. The molecule has 1 aliphatic rings. The molecule has 1 aliphatic heterocycles. The van der Waals surface area contributed by atoms with Gasteiger partial charge in [0, 0.05) is 23.8 Å². The van der Waals surface area contributed by atoms with E-state index in [1.165, 1.54) is 4.88 Å². The number of amides is 1. The molecule has 0 fully saturated rings. The van der Waals surface area contributed by atoms with Crippen molar-refractivity contribution in [3.8, 4) is 0 Å². The number of carbonyl (C=O) groups is 2. The van der Waals surface area contributed by atoms with Gasteiger partial charge in [0.1, 0.15) is 0 Å². The molecule has 2 N–H and O–H groups in total. The van der Waals surface area contributed by atoms with E-state index in [4.69, 9.17) is 9.94 Å². The molecule has 2 heterocycles. The Morgan fingerprint density at radius 3 is 3.05 bits per heavy atom. The number of hydrogen-bond donors (Lipinski definition) is 2. The third-order valence-corrected chi connectivity index (χ3v) is 3.58. The maximum absolute atomic E-state index is 11.9. The van der Waals surface area contributed by atoms with Crippen molar-refractivity contribution in [3.05, 3.63) is 22.4 Å². The van der Waals surface area contributed by atoms with Gasteiger partial charge >= 0.3 is 5.97 Å². The third-order valence-electron chi connectivity index (χ3n) is 2.68. The second-order valence-corrected chi connectivity index (χ2v) is 5.37. The molecular weight excluding hydrogens is 268 g/mol. The molecule has 2 rings (SSSR count). The summed E-state index contributed by atoms with van der Waals surface area (Å²) in [5.74, 6) is -1.48. The lowest BCUT2D eigenvalue weighted by molar-refractivity contribution is -0.131. The van der Waals surface area contributed by atoms with Gasteiger partial charge < -0.3 is 15.3 Å². The maximum atomic E-state index is 11.9. The summed E-state index contributed by atoms with van der Waals surface area (Å²) < 4.78 is 0. The maximum Gasteiger partial charge on any atom is 0.353 e. The summed E-state index contributed by atoms with van der Waals surface area (Å²) in [4.78, 5) is 28.5. The Morgan fingerprint density at radius 2 is 2.47 bits per heavy atom. The number of carboxylic acids is 1. The van der Waals surface area contributed by atoms with Crippen LogP contribution in [0.3, 0.4) is 0 Å². The van der Waals surface area contributed by atoms with Crippen LogP contribution in [0.15, 0.2) is 22.7 Å². The van der Waals surface area contributed by atoms with Gasteiger partial charge in [-0.2, -0.15) is 0 Å². The van der Waals surface area contributed by atoms with Crippen molar-refractivity contribution in [1.29, 1.82) is 0 Å². The molecule has 1 amide bonds. The molecule has 0 bridgehead atoms. The highest BCUT2D eigenvalue weighted by molar-refractivity contribution is 7.09. The van der Waals surface area contributed by atoms with Gasteiger partial charge in [0.15, 0.2) is 5.71 Å². The molecule has 1 aromatic heterocycles. The van der Waals surface area contributed by atoms with E-state index < -0.39 is 12.1 Å². The van der Waals surface area contributed by atoms with E-state index in [1.807, 2.05) is 24.4 Å². The predicted molar refractivity (Wildman–Crippen MR) is 70.2 cm³/mol. The third kappa shape index (κ3) is 3.54. The first kappa shape index (κ1) is 13.5. The lowest BCUT2D eigenvalue weighted by atomic mass is 10.1. The standard InChI is InChI=1S/C12H14N2O4S/c1-7(5-8-3-2-4-19-8)13-11(15)10-6-9(12(16)17)14-18-10/h2-4,7,10H,5-6H2,1H3,(H,13,15)(H,16,17). The number of oxime groups is 1. The van der Waals surface area contributed by atoms with Crippen molar-refractivity contribution in [2.45, 2.75) is 31.9 Å². The summed E-state index contributed by atoms with van der Waals surface area (Å²) in [6.45, 7) is 1.89. The number of aliphatic carboxylic acids is 1. The number of nitrogens with one attached hydrogen (secondary N) is 1. The molecule has 0 aromatic carbocycles. The Balaban J connectivity index is 1.80. The zero-order chi connectivity index (χ0) is 13.8. The average molecular weight is 282 g/mol. The molecule has 0 radical (unpaired) electrons. The number of carboxylic acid groups (broad SMARTS) is 1. The summed E-state index contributed by atoms with van der Waals surface area (Å²) in [6, 6.07) is 3.93. The van der Waals surface area contributed by atoms with Gasteiger partial charge in [0.05, 0.1) is 0 Å². The largest absolute Gasteiger partial charge is 0.477 e. The lowest BCUT2D eigenvalue weighted by Gasteiger charge is -2.15. The van der Waals surface area contributed by atoms with E-state index in [2.05, 4.69) is 10.5 Å². The fourth-order valence-corrected chi connectivity index (χ4v) is 2.60. The molecule has 1 aromatic rings. The minimum atomic E-state index is -1.15. The van der Waals surface area contributed by atoms with Gasteiger partial charge in [0.25, 0.3) is 5.91 Å². The summed E-state index contributed by atoms with van der Waals surface area (Å²) in [5.41, 5.74) is -0.119. The van der Waals surface area contributed by atoms with Gasteiger partial charge in [-0.1, -0.05) is 11.2 Å². The Bertz CT molecular complexity index is 498. The number of rotatable bonds is 5. The summed E-state index contributed by atoms with van der Waals surface area (Å²) >= 11 is 1.63. The van der Waals surface area contributed by atoms with Crippen LogP contribution < -0.4 is 5.32 Å². The fraction of sp³-hybridized carbons (Fsp3) is 0.417. The Labute approximate surface area is 114 Å². The molecule has 19 heavy (non-hydrogen) atoms. The van der Waals surface area contributed by atoms with E-state index in [-0.39, 0.29) is 24.1 Å². The number of thiophene rings is 1.